The van der Waals surface area contributed by atoms with Gasteiger partial charge >= 0.3 is 5.97 Å². The number of imide groups is 1. The van der Waals surface area contributed by atoms with E-state index in [4.69, 9.17) is 21.2 Å². The summed E-state index contributed by atoms with van der Waals surface area (Å²) >= 11 is 5.96. The van der Waals surface area contributed by atoms with Crippen LogP contribution in [0.25, 0.3) is 0 Å². The van der Waals surface area contributed by atoms with Crippen molar-refractivity contribution in [3.8, 4) is 0 Å². The number of rotatable bonds is 3. The largest absolute Gasteiger partial charge is 0.381 e. The second kappa shape index (κ2) is 6.79. The van der Waals surface area contributed by atoms with Gasteiger partial charge in [0.05, 0.1) is 16.5 Å². The van der Waals surface area contributed by atoms with Gasteiger partial charge in [0, 0.05) is 18.2 Å². The Hall–Kier alpha value is -2.70. The number of hydroxylamine groups is 2. The van der Waals surface area contributed by atoms with Crippen LogP contribution >= 0.6 is 11.6 Å². The monoisotopic (exact) mass is 385 g/mol. The Bertz CT molecular complexity index is 883. The number of hydrogen-bond donors (Lipinski definition) is 0. The summed E-state index contributed by atoms with van der Waals surface area (Å²) in [6, 6.07) is 13.3. The molecule has 138 valence electrons. The lowest BCUT2D eigenvalue weighted by atomic mass is 9.74. The number of fused-ring (bicyclic) bond motifs is 1. The standard InChI is InChI=1S/C20H16ClNO5/c21-14-7-5-13(6-8-14)20(9-11-26-12-10-20)19(25)27-22-17(23)15-3-1-2-4-16(15)18(22)24/h1-8H,9-12H2. The summed E-state index contributed by atoms with van der Waals surface area (Å²) in [7, 11) is 0. The number of hydrogen-bond acceptors (Lipinski definition) is 5. The third kappa shape index (κ3) is 2.91. The van der Waals surface area contributed by atoms with Crippen LogP contribution in [0.1, 0.15) is 39.1 Å². The lowest BCUT2D eigenvalue weighted by molar-refractivity contribution is -0.179. The van der Waals surface area contributed by atoms with Crippen molar-refractivity contribution in [2.45, 2.75) is 18.3 Å². The highest BCUT2D eigenvalue weighted by atomic mass is 35.5. The zero-order chi connectivity index (χ0) is 19.0. The molecule has 2 amide bonds. The smallest absolute Gasteiger partial charge is 0.343 e. The van der Waals surface area contributed by atoms with E-state index in [1.165, 1.54) is 12.1 Å². The Morgan fingerprint density at radius 3 is 2.07 bits per heavy atom. The first-order valence-corrected chi connectivity index (χ1v) is 8.95. The molecule has 0 radical (unpaired) electrons. The molecule has 2 aromatic rings. The van der Waals surface area contributed by atoms with Crippen LogP contribution in [0.4, 0.5) is 0 Å². The van der Waals surface area contributed by atoms with E-state index < -0.39 is 23.2 Å². The highest BCUT2D eigenvalue weighted by molar-refractivity contribution is 6.30. The van der Waals surface area contributed by atoms with E-state index in [0.29, 0.717) is 36.1 Å². The summed E-state index contributed by atoms with van der Waals surface area (Å²) in [5.41, 5.74) is 0.167. The van der Waals surface area contributed by atoms with E-state index in [9.17, 15) is 14.4 Å². The minimum absolute atomic E-state index is 0.225. The van der Waals surface area contributed by atoms with Crippen LogP contribution < -0.4 is 0 Å². The van der Waals surface area contributed by atoms with Crippen molar-refractivity contribution in [1.82, 2.24) is 5.06 Å². The number of amides is 2. The number of nitrogens with zero attached hydrogens (tertiary/aromatic N) is 1. The van der Waals surface area contributed by atoms with Crippen LogP contribution in [-0.2, 0) is 19.8 Å². The molecular formula is C20H16ClNO5. The van der Waals surface area contributed by atoms with Gasteiger partial charge in [-0.2, -0.15) is 0 Å². The Kier molecular flexibility index (Phi) is 4.45. The number of carbonyl (C=O) groups is 3. The number of benzene rings is 2. The van der Waals surface area contributed by atoms with Crippen molar-refractivity contribution < 1.29 is 24.0 Å². The molecule has 0 spiro atoms. The minimum Gasteiger partial charge on any atom is -0.381 e. The molecule has 2 heterocycles. The van der Waals surface area contributed by atoms with Crippen LogP contribution in [0, 0.1) is 0 Å². The summed E-state index contributed by atoms with van der Waals surface area (Å²) in [5, 5.41) is 1.11. The van der Waals surface area contributed by atoms with Crippen LogP contribution in [0.5, 0.6) is 0 Å². The molecule has 0 saturated carbocycles. The molecule has 0 bridgehead atoms. The number of carbonyl (C=O) groups excluding carboxylic acids is 3. The molecule has 2 aromatic carbocycles. The van der Waals surface area contributed by atoms with Crippen molar-refractivity contribution in [1.29, 1.82) is 0 Å². The van der Waals surface area contributed by atoms with Gasteiger partial charge in [0.25, 0.3) is 11.8 Å². The van der Waals surface area contributed by atoms with E-state index in [0.717, 1.165) is 5.56 Å². The Morgan fingerprint density at radius 1 is 0.963 bits per heavy atom. The molecule has 0 unspecified atom stereocenters. The first-order valence-electron chi connectivity index (χ1n) is 8.57. The molecule has 4 rings (SSSR count). The van der Waals surface area contributed by atoms with Crippen molar-refractivity contribution in [3.05, 3.63) is 70.2 Å². The normalized spacial score (nSPS) is 18.3. The van der Waals surface area contributed by atoms with Gasteiger partial charge in [-0.25, -0.2) is 4.79 Å². The summed E-state index contributed by atoms with van der Waals surface area (Å²) in [6.45, 7) is 0.750. The Balaban J connectivity index is 1.65. The van der Waals surface area contributed by atoms with Gasteiger partial charge in [-0.15, -0.1) is 0 Å². The Morgan fingerprint density at radius 2 is 1.52 bits per heavy atom. The van der Waals surface area contributed by atoms with Crippen LogP contribution in [0.3, 0.4) is 0 Å². The molecule has 1 fully saturated rings. The number of ether oxygens (including phenoxy) is 1. The highest BCUT2D eigenvalue weighted by Crippen LogP contribution is 2.37. The lowest BCUT2D eigenvalue weighted by Crippen LogP contribution is -2.46. The first kappa shape index (κ1) is 17.7. The zero-order valence-corrected chi connectivity index (χ0v) is 15.1. The first-order chi connectivity index (χ1) is 13.0. The van der Waals surface area contributed by atoms with Crippen molar-refractivity contribution in [3.63, 3.8) is 0 Å². The molecule has 2 aliphatic rings. The quantitative estimate of drug-likeness (QED) is 0.759. The SMILES string of the molecule is O=C1c2ccccc2C(=O)N1OC(=O)C1(c2ccc(Cl)cc2)CCOCC1. The molecule has 6 nitrogen and oxygen atoms in total. The van der Waals surface area contributed by atoms with E-state index in [1.807, 2.05) is 0 Å². The maximum atomic E-state index is 13.1. The molecule has 0 N–H and O–H groups in total. The molecule has 1 saturated heterocycles. The fraction of sp³-hybridized carbons (Fsp3) is 0.250. The zero-order valence-electron chi connectivity index (χ0n) is 14.3. The summed E-state index contributed by atoms with van der Waals surface area (Å²) in [5.74, 6) is -1.92. The van der Waals surface area contributed by atoms with E-state index >= 15 is 0 Å². The maximum absolute atomic E-state index is 13.1. The molecule has 0 aliphatic carbocycles. The summed E-state index contributed by atoms with van der Waals surface area (Å²) in [4.78, 5) is 43.5. The maximum Gasteiger partial charge on any atom is 0.343 e. The molecule has 2 aliphatic heterocycles. The van der Waals surface area contributed by atoms with Gasteiger partial charge in [-0.3, -0.25) is 9.59 Å². The van der Waals surface area contributed by atoms with Crippen LogP contribution in [-0.4, -0.2) is 36.1 Å². The number of halogens is 1. The lowest BCUT2D eigenvalue weighted by Gasteiger charge is -2.35. The van der Waals surface area contributed by atoms with Crippen molar-refractivity contribution in [2.75, 3.05) is 13.2 Å². The molecule has 0 atom stereocenters. The molecule has 27 heavy (non-hydrogen) atoms. The third-order valence-corrected chi connectivity index (χ3v) is 5.32. The predicted octanol–water partition coefficient (Wildman–Crippen LogP) is 3.14. The predicted molar refractivity (Wildman–Crippen MR) is 96.2 cm³/mol. The second-order valence-corrected chi connectivity index (χ2v) is 6.97. The van der Waals surface area contributed by atoms with Crippen LogP contribution in [0.15, 0.2) is 48.5 Å². The minimum atomic E-state index is -1.00. The topological polar surface area (TPSA) is 72.9 Å². The fourth-order valence-corrected chi connectivity index (χ4v) is 3.65. The van der Waals surface area contributed by atoms with Gasteiger partial charge in [-0.1, -0.05) is 40.9 Å². The highest BCUT2D eigenvalue weighted by Gasteiger charge is 2.47. The van der Waals surface area contributed by atoms with E-state index in [1.54, 1.807) is 36.4 Å². The molecular weight excluding hydrogens is 370 g/mol. The average Bonchev–Trinajstić information content (AvgIpc) is 2.94. The third-order valence-electron chi connectivity index (χ3n) is 5.06. The fourth-order valence-electron chi connectivity index (χ4n) is 3.52. The summed E-state index contributed by atoms with van der Waals surface area (Å²) < 4.78 is 5.40. The van der Waals surface area contributed by atoms with Crippen molar-refractivity contribution >= 4 is 29.4 Å². The van der Waals surface area contributed by atoms with Gasteiger partial charge in [-0.05, 0) is 42.7 Å². The van der Waals surface area contributed by atoms with Gasteiger partial charge in [0.2, 0.25) is 0 Å². The Labute approximate surface area is 160 Å². The average molecular weight is 386 g/mol. The molecule has 0 aromatic heterocycles. The van der Waals surface area contributed by atoms with Gasteiger partial charge in [0.15, 0.2) is 0 Å². The summed E-state index contributed by atoms with van der Waals surface area (Å²) in [6.07, 6.45) is 0.771. The second-order valence-electron chi connectivity index (χ2n) is 6.53. The van der Waals surface area contributed by atoms with Crippen molar-refractivity contribution in [2.24, 2.45) is 0 Å². The van der Waals surface area contributed by atoms with E-state index in [-0.39, 0.29) is 11.1 Å². The van der Waals surface area contributed by atoms with Crippen LogP contribution in [0.2, 0.25) is 5.02 Å². The van der Waals surface area contributed by atoms with Gasteiger partial charge < -0.3 is 9.57 Å². The van der Waals surface area contributed by atoms with Gasteiger partial charge in [0.1, 0.15) is 0 Å². The molecule has 7 heteroatoms. The van der Waals surface area contributed by atoms with E-state index in [2.05, 4.69) is 0 Å².